The number of amides is 1. The van der Waals surface area contributed by atoms with Gasteiger partial charge in [0, 0.05) is 12.4 Å². The number of Topliss-reactive ketones (excluding diaryl/α,β-unsaturated/α-hetero) is 1. The Bertz CT molecular complexity index is 525. The fourth-order valence-electron chi connectivity index (χ4n) is 2.43. The molecule has 1 aliphatic rings. The number of rotatable bonds is 5. The number of fused-ring (bicyclic) bond motifs is 1. The van der Waals surface area contributed by atoms with E-state index in [1.807, 2.05) is 19.9 Å². The van der Waals surface area contributed by atoms with Crippen LogP contribution in [-0.4, -0.2) is 24.1 Å². The smallest absolute Gasteiger partial charge is 0.299 e. The summed E-state index contributed by atoms with van der Waals surface area (Å²) in [6.45, 7) is 4.55. The molecule has 1 heterocycles. The summed E-state index contributed by atoms with van der Waals surface area (Å²) in [5.41, 5.74) is 3.48. The van der Waals surface area contributed by atoms with Gasteiger partial charge in [-0.25, -0.2) is 0 Å². The maximum absolute atomic E-state index is 12.0. The van der Waals surface area contributed by atoms with Gasteiger partial charge in [-0.3, -0.25) is 9.59 Å². The Hall–Kier alpha value is -1.35. The molecule has 0 bridgehead atoms. The van der Waals surface area contributed by atoms with Gasteiger partial charge in [0.25, 0.3) is 11.7 Å². The quantitative estimate of drug-likeness (QED) is 0.471. The SMILES string of the molecule is Cc1ccc2c(c1C)N(CCCCCCl)C(=O)C2=O. The highest BCUT2D eigenvalue weighted by atomic mass is 35.5. The summed E-state index contributed by atoms with van der Waals surface area (Å²) in [7, 11) is 0. The molecular weight excluding hydrogens is 262 g/mol. The third-order valence-electron chi connectivity index (χ3n) is 3.67. The number of alkyl halides is 1. The lowest BCUT2D eigenvalue weighted by Gasteiger charge is -2.19. The molecule has 0 saturated heterocycles. The number of halogens is 1. The molecule has 0 spiro atoms. The van der Waals surface area contributed by atoms with Gasteiger partial charge in [-0.15, -0.1) is 11.6 Å². The van der Waals surface area contributed by atoms with Crippen molar-refractivity contribution in [2.45, 2.75) is 33.1 Å². The Morgan fingerprint density at radius 2 is 1.84 bits per heavy atom. The Kier molecular flexibility index (Phi) is 4.25. The predicted molar refractivity (Wildman–Crippen MR) is 77.2 cm³/mol. The molecule has 0 fully saturated rings. The summed E-state index contributed by atoms with van der Waals surface area (Å²) in [6.07, 6.45) is 2.79. The van der Waals surface area contributed by atoms with Gasteiger partial charge in [-0.2, -0.15) is 0 Å². The van der Waals surface area contributed by atoms with Crippen LogP contribution < -0.4 is 4.90 Å². The molecule has 1 aliphatic heterocycles. The Morgan fingerprint density at radius 3 is 2.53 bits per heavy atom. The van der Waals surface area contributed by atoms with Gasteiger partial charge in [0.05, 0.1) is 11.3 Å². The van der Waals surface area contributed by atoms with E-state index < -0.39 is 5.91 Å². The Labute approximate surface area is 118 Å². The van der Waals surface area contributed by atoms with Crippen molar-refractivity contribution in [2.75, 3.05) is 17.3 Å². The maximum Gasteiger partial charge on any atom is 0.299 e. The van der Waals surface area contributed by atoms with E-state index >= 15 is 0 Å². The number of benzene rings is 1. The van der Waals surface area contributed by atoms with Gasteiger partial charge in [-0.05, 0) is 43.9 Å². The number of anilines is 1. The van der Waals surface area contributed by atoms with Crippen LogP contribution in [0.4, 0.5) is 5.69 Å². The third kappa shape index (κ3) is 2.52. The molecule has 102 valence electrons. The second-order valence-corrected chi connectivity index (χ2v) is 5.32. The van der Waals surface area contributed by atoms with E-state index in [4.69, 9.17) is 11.6 Å². The summed E-state index contributed by atoms with van der Waals surface area (Å²) in [6, 6.07) is 3.66. The highest BCUT2D eigenvalue weighted by Crippen LogP contribution is 2.34. The van der Waals surface area contributed by atoms with Crippen LogP contribution in [0.1, 0.15) is 40.7 Å². The molecule has 1 aromatic rings. The van der Waals surface area contributed by atoms with E-state index in [2.05, 4.69) is 0 Å². The lowest BCUT2D eigenvalue weighted by molar-refractivity contribution is -0.114. The first kappa shape index (κ1) is 14.1. The zero-order chi connectivity index (χ0) is 14.0. The Balaban J connectivity index is 2.25. The first-order valence-electron chi connectivity index (χ1n) is 6.60. The van der Waals surface area contributed by atoms with Crippen molar-refractivity contribution in [1.82, 2.24) is 0 Å². The Morgan fingerprint density at radius 1 is 1.11 bits per heavy atom. The predicted octanol–water partition coefficient (Wildman–Crippen LogP) is 3.24. The van der Waals surface area contributed by atoms with Crippen molar-refractivity contribution >= 4 is 29.0 Å². The number of unbranched alkanes of at least 4 members (excludes halogenated alkanes) is 2. The minimum Gasteiger partial charge on any atom is -0.304 e. The molecule has 19 heavy (non-hydrogen) atoms. The number of carbonyl (C=O) groups excluding carboxylic acids is 2. The van der Waals surface area contributed by atoms with Crippen molar-refractivity contribution in [3.05, 3.63) is 28.8 Å². The number of hydrogen-bond donors (Lipinski definition) is 0. The highest BCUT2D eigenvalue weighted by molar-refractivity contribution is 6.52. The molecular formula is C15H18ClNO2. The van der Waals surface area contributed by atoms with Crippen LogP contribution in [-0.2, 0) is 4.79 Å². The van der Waals surface area contributed by atoms with Crippen molar-refractivity contribution in [2.24, 2.45) is 0 Å². The molecule has 4 heteroatoms. The summed E-state index contributed by atoms with van der Waals surface area (Å²) in [5, 5.41) is 0. The van der Waals surface area contributed by atoms with Crippen LogP contribution in [0, 0.1) is 13.8 Å². The summed E-state index contributed by atoms with van der Waals surface area (Å²) in [4.78, 5) is 25.6. The molecule has 0 unspecified atom stereocenters. The molecule has 0 aliphatic carbocycles. The minimum atomic E-state index is -0.394. The average Bonchev–Trinajstić information content (AvgIpc) is 2.64. The van der Waals surface area contributed by atoms with Gasteiger partial charge < -0.3 is 4.90 Å². The maximum atomic E-state index is 12.0. The number of aryl methyl sites for hydroxylation is 1. The monoisotopic (exact) mass is 279 g/mol. The summed E-state index contributed by atoms with van der Waals surface area (Å²) < 4.78 is 0. The van der Waals surface area contributed by atoms with Gasteiger partial charge in [0.15, 0.2) is 0 Å². The van der Waals surface area contributed by atoms with Crippen LogP contribution in [0.5, 0.6) is 0 Å². The van der Waals surface area contributed by atoms with Crippen molar-refractivity contribution in [3.8, 4) is 0 Å². The molecule has 0 N–H and O–H groups in total. The van der Waals surface area contributed by atoms with Crippen LogP contribution >= 0.6 is 11.6 Å². The van der Waals surface area contributed by atoms with Crippen LogP contribution in [0.15, 0.2) is 12.1 Å². The fraction of sp³-hybridized carbons (Fsp3) is 0.467. The number of nitrogens with zero attached hydrogens (tertiary/aromatic N) is 1. The van der Waals surface area contributed by atoms with Gasteiger partial charge >= 0.3 is 0 Å². The van der Waals surface area contributed by atoms with Crippen LogP contribution in [0.25, 0.3) is 0 Å². The van der Waals surface area contributed by atoms with E-state index in [0.29, 0.717) is 18.0 Å². The van der Waals surface area contributed by atoms with Crippen LogP contribution in [0.2, 0.25) is 0 Å². The topological polar surface area (TPSA) is 37.4 Å². The molecule has 0 radical (unpaired) electrons. The van der Waals surface area contributed by atoms with Crippen molar-refractivity contribution in [3.63, 3.8) is 0 Å². The van der Waals surface area contributed by atoms with Crippen molar-refractivity contribution in [1.29, 1.82) is 0 Å². The fourth-order valence-corrected chi connectivity index (χ4v) is 2.61. The third-order valence-corrected chi connectivity index (χ3v) is 3.94. The first-order chi connectivity index (χ1) is 9.07. The molecule has 0 atom stereocenters. The zero-order valence-corrected chi connectivity index (χ0v) is 12.1. The van der Waals surface area contributed by atoms with E-state index in [1.165, 1.54) is 0 Å². The standard InChI is InChI=1S/C15H18ClNO2/c1-10-6-7-12-13(11(10)2)17(15(19)14(12)18)9-5-3-4-8-16/h6-7H,3-5,8-9H2,1-2H3. The molecule has 2 rings (SSSR count). The van der Waals surface area contributed by atoms with E-state index in [0.717, 1.165) is 36.1 Å². The van der Waals surface area contributed by atoms with Crippen LogP contribution in [0.3, 0.4) is 0 Å². The lowest BCUT2D eigenvalue weighted by Crippen LogP contribution is -2.31. The lowest BCUT2D eigenvalue weighted by atomic mass is 10.0. The van der Waals surface area contributed by atoms with Gasteiger partial charge in [0.2, 0.25) is 0 Å². The minimum absolute atomic E-state index is 0.379. The molecule has 0 saturated carbocycles. The summed E-state index contributed by atoms with van der Waals surface area (Å²) >= 11 is 5.64. The second kappa shape index (κ2) is 5.74. The normalized spacial score (nSPS) is 14.2. The van der Waals surface area contributed by atoms with Gasteiger partial charge in [-0.1, -0.05) is 12.5 Å². The second-order valence-electron chi connectivity index (χ2n) is 4.94. The molecule has 0 aromatic heterocycles. The molecule has 1 aromatic carbocycles. The summed E-state index contributed by atoms with van der Waals surface area (Å²) in [5.74, 6) is -0.133. The first-order valence-corrected chi connectivity index (χ1v) is 7.13. The number of ketones is 1. The van der Waals surface area contributed by atoms with E-state index in [-0.39, 0.29) is 5.78 Å². The van der Waals surface area contributed by atoms with Gasteiger partial charge in [0.1, 0.15) is 0 Å². The number of carbonyl (C=O) groups is 2. The number of hydrogen-bond acceptors (Lipinski definition) is 2. The molecule has 3 nitrogen and oxygen atoms in total. The molecule has 1 amide bonds. The highest BCUT2D eigenvalue weighted by Gasteiger charge is 2.36. The average molecular weight is 280 g/mol. The zero-order valence-electron chi connectivity index (χ0n) is 11.3. The van der Waals surface area contributed by atoms with E-state index in [1.54, 1.807) is 11.0 Å². The van der Waals surface area contributed by atoms with Crippen molar-refractivity contribution < 1.29 is 9.59 Å². The largest absolute Gasteiger partial charge is 0.304 e. The van der Waals surface area contributed by atoms with E-state index in [9.17, 15) is 9.59 Å².